The summed E-state index contributed by atoms with van der Waals surface area (Å²) < 4.78 is 20.7. The molecule has 0 aliphatic carbocycles. The molecule has 0 radical (unpaired) electrons. The summed E-state index contributed by atoms with van der Waals surface area (Å²) in [5.74, 6) is -1.87. The van der Waals surface area contributed by atoms with E-state index >= 15 is 0 Å². The van der Waals surface area contributed by atoms with Gasteiger partial charge in [-0.25, -0.2) is 0 Å². The summed E-state index contributed by atoms with van der Waals surface area (Å²) in [5.41, 5.74) is -0.925. The third-order valence-electron chi connectivity index (χ3n) is 3.38. The lowest BCUT2D eigenvalue weighted by molar-refractivity contribution is -0.630. The third-order valence-corrected chi connectivity index (χ3v) is 3.38. The van der Waals surface area contributed by atoms with Crippen LogP contribution in [0.2, 0.25) is 0 Å². The molecule has 4 saturated heterocycles. The zero-order valence-electron chi connectivity index (χ0n) is 8.59. The van der Waals surface area contributed by atoms with Gasteiger partial charge in [0.05, 0.1) is 26.4 Å². The van der Waals surface area contributed by atoms with Gasteiger partial charge in [0, 0.05) is 5.41 Å². The van der Waals surface area contributed by atoms with Gasteiger partial charge in [0.1, 0.15) is 0 Å². The van der Waals surface area contributed by atoms with Crippen molar-refractivity contribution in [1.29, 1.82) is 0 Å². The van der Waals surface area contributed by atoms with Crippen molar-refractivity contribution in [2.75, 3.05) is 26.4 Å². The number of epoxide rings is 1. The molecule has 7 nitrogen and oxygen atoms in total. The van der Waals surface area contributed by atoms with E-state index in [1.54, 1.807) is 0 Å². The average molecular weight is 234 g/mol. The molecule has 7 heteroatoms. The van der Waals surface area contributed by atoms with Crippen LogP contribution in [-0.4, -0.2) is 59.8 Å². The molecule has 4 aliphatic rings. The third kappa shape index (κ3) is 1.16. The second kappa shape index (κ2) is 3.14. The number of aliphatic hydroxyl groups is 3. The number of aliphatic hydroxyl groups excluding tert-OH is 3. The molecule has 92 valence electrons. The second-order valence-electron chi connectivity index (χ2n) is 4.48. The first-order valence-electron chi connectivity index (χ1n) is 5.19. The van der Waals surface area contributed by atoms with Crippen LogP contribution in [0.15, 0.2) is 0 Å². The van der Waals surface area contributed by atoms with Crippen LogP contribution in [0.1, 0.15) is 6.42 Å². The van der Waals surface area contributed by atoms with Crippen LogP contribution in [0.25, 0.3) is 0 Å². The van der Waals surface area contributed by atoms with E-state index in [0.29, 0.717) is 6.42 Å². The molecule has 4 aliphatic heterocycles. The van der Waals surface area contributed by atoms with Crippen LogP contribution in [0, 0.1) is 5.41 Å². The Morgan fingerprint density at radius 3 is 2.12 bits per heavy atom. The molecule has 0 aromatic heterocycles. The molecule has 1 unspecified atom stereocenters. The van der Waals surface area contributed by atoms with Gasteiger partial charge >= 0.3 is 11.9 Å². The molecule has 0 saturated carbocycles. The van der Waals surface area contributed by atoms with Crippen LogP contribution >= 0.6 is 0 Å². The van der Waals surface area contributed by atoms with E-state index in [2.05, 4.69) is 0 Å². The Bertz CT molecular complexity index is 286. The summed E-state index contributed by atoms with van der Waals surface area (Å²) >= 11 is 0. The monoisotopic (exact) mass is 234 g/mol. The molecule has 3 N–H and O–H groups in total. The van der Waals surface area contributed by atoms with Gasteiger partial charge in [0.25, 0.3) is 0 Å². The zero-order chi connectivity index (χ0) is 11.4. The smallest absolute Gasteiger partial charge is 0.328 e. The first kappa shape index (κ1) is 10.8. The Labute approximate surface area is 91.5 Å². The van der Waals surface area contributed by atoms with Gasteiger partial charge in [-0.15, -0.1) is 0 Å². The van der Waals surface area contributed by atoms with Crippen LogP contribution in [0.4, 0.5) is 0 Å². The fourth-order valence-electron chi connectivity index (χ4n) is 1.90. The molecule has 4 heterocycles. The molecule has 0 aromatic carbocycles. The zero-order valence-corrected chi connectivity index (χ0v) is 8.59. The fourth-order valence-corrected chi connectivity index (χ4v) is 1.90. The number of hydrogen-bond donors (Lipinski definition) is 3. The van der Waals surface area contributed by atoms with Crippen molar-refractivity contribution in [2.45, 2.75) is 24.5 Å². The van der Waals surface area contributed by atoms with E-state index < -0.39 is 17.4 Å². The van der Waals surface area contributed by atoms with Crippen molar-refractivity contribution in [3.63, 3.8) is 0 Å². The van der Waals surface area contributed by atoms with Crippen LogP contribution in [-0.2, 0) is 18.9 Å². The number of rotatable bonds is 7. The molecule has 4 rings (SSSR count). The summed E-state index contributed by atoms with van der Waals surface area (Å²) in [6.45, 7) is -0.705. The van der Waals surface area contributed by atoms with E-state index in [-0.39, 0.29) is 32.5 Å². The Kier molecular flexibility index (Phi) is 2.13. The highest BCUT2D eigenvalue weighted by atomic mass is 17.2. The van der Waals surface area contributed by atoms with Gasteiger partial charge in [-0.05, 0) is 6.42 Å². The minimum atomic E-state index is -1.06. The Hall–Kier alpha value is -0.280. The largest absolute Gasteiger partial charge is 0.396 e. The average Bonchev–Trinajstić information content (AvgIpc) is 2.80. The molecule has 1 spiro atoms. The molecule has 1 atom stereocenters. The molecule has 0 amide bonds. The predicted molar refractivity (Wildman–Crippen MR) is 46.8 cm³/mol. The van der Waals surface area contributed by atoms with E-state index in [1.807, 2.05) is 0 Å². The van der Waals surface area contributed by atoms with E-state index in [1.165, 1.54) is 0 Å². The van der Waals surface area contributed by atoms with Crippen LogP contribution < -0.4 is 0 Å². The summed E-state index contributed by atoms with van der Waals surface area (Å²) in [6.07, 6.45) is 0.178. The van der Waals surface area contributed by atoms with E-state index in [9.17, 15) is 0 Å². The van der Waals surface area contributed by atoms with Crippen molar-refractivity contribution in [1.82, 2.24) is 0 Å². The highest BCUT2D eigenvalue weighted by molar-refractivity contribution is 5.15. The minimum absolute atomic E-state index is 0.133. The van der Waals surface area contributed by atoms with Crippen LogP contribution in [0.3, 0.4) is 0 Å². The summed E-state index contributed by atoms with van der Waals surface area (Å²) in [4.78, 5) is 0. The molecule has 16 heavy (non-hydrogen) atoms. The first-order chi connectivity index (χ1) is 7.64. The van der Waals surface area contributed by atoms with Gasteiger partial charge in [0.15, 0.2) is 0 Å². The maximum Gasteiger partial charge on any atom is 0.328 e. The van der Waals surface area contributed by atoms with Crippen molar-refractivity contribution in [2.24, 2.45) is 5.41 Å². The van der Waals surface area contributed by atoms with Gasteiger partial charge in [0.2, 0.25) is 6.10 Å². The van der Waals surface area contributed by atoms with Gasteiger partial charge in [-0.2, -0.15) is 0 Å². The Morgan fingerprint density at radius 1 is 1.12 bits per heavy atom. The maximum atomic E-state index is 9.08. The van der Waals surface area contributed by atoms with E-state index in [0.717, 1.165) is 0 Å². The topological polar surface area (TPSA) is 101 Å². The summed E-state index contributed by atoms with van der Waals surface area (Å²) in [6, 6.07) is 0. The second-order valence-corrected chi connectivity index (χ2v) is 4.48. The molecule has 2 bridgehead atoms. The first-order valence-corrected chi connectivity index (χ1v) is 5.19. The SMILES string of the molecule is OCC(CO)(CO)CCOC12OC3(OC13)O2. The van der Waals surface area contributed by atoms with Crippen molar-refractivity contribution in [3.8, 4) is 0 Å². The molecule has 0 aromatic rings. The lowest BCUT2D eigenvalue weighted by atomic mass is 9.88. The Balaban J connectivity index is 1.45. The quantitative estimate of drug-likeness (QED) is 0.443. The minimum Gasteiger partial charge on any atom is -0.396 e. The molecule has 4 fully saturated rings. The van der Waals surface area contributed by atoms with Crippen molar-refractivity contribution in [3.05, 3.63) is 0 Å². The van der Waals surface area contributed by atoms with Gasteiger partial charge < -0.3 is 24.8 Å². The lowest BCUT2D eigenvalue weighted by Crippen LogP contribution is -2.74. The lowest BCUT2D eigenvalue weighted by Gasteiger charge is -2.52. The predicted octanol–water partition coefficient (Wildman–Crippen LogP) is -1.88. The normalized spacial score (nSPS) is 43.3. The fraction of sp³-hybridized carbons (Fsp3) is 1.00. The maximum absolute atomic E-state index is 9.08. The van der Waals surface area contributed by atoms with Crippen molar-refractivity contribution >= 4 is 0 Å². The van der Waals surface area contributed by atoms with E-state index in [4.69, 9.17) is 34.3 Å². The number of ether oxygens (including phenoxy) is 4. The van der Waals surface area contributed by atoms with Crippen molar-refractivity contribution < 1.29 is 34.3 Å². The Morgan fingerprint density at radius 2 is 1.75 bits per heavy atom. The summed E-state index contributed by atoms with van der Waals surface area (Å²) in [7, 11) is 0. The highest BCUT2D eigenvalue weighted by Gasteiger charge is 2.98. The summed E-state index contributed by atoms with van der Waals surface area (Å²) in [5, 5.41) is 27.3. The standard InChI is InChI=1S/C9H14O7/c10-3-7(4-11,5-12)1-2-13-8-6-9(14-6,15-8)16-8/h6,10-12H,1-5H2. The van der Waals surface area contributed by atoms with Crippen LogP contribution in [0.5, 0.6) is 0 Å². The molecular formula is C9H14O7. The highest BCUT2D eigenvalue weighted by Crippen LogP contribution is 2.72. The van der Waals surface area contributed by atoms with Gasteiger partial charge in [-0.3, -0.25) is 9.47 Å². The number of hydrogen-bond acceptors (Lipinski definition) is 7. The molecular weight excluding hydrogens is 220 g/mol. The van der Waals surface area contributed by atoms with Gasteiger partial charge in [-0.1, -0.05) is 0 Å².